The molecule has 1 saturated carbocycles. The molecule has 1 atom stereocenters. The molecular weight excluding hydrogens is 232 g/mol. The van der Waals surface area contributed by atoms with E-state index in [4.69, 9.17) is 9.84 Å². The summed E-state index contributed by atoms with van der Waals surface area (Å²) in [4.78, 5) is 15.3. The van der Waals surface area contributed by atoms with Crippen LogP contribution in [0.2, 0.25) is 0 Å². The topological polar surface area (TPSA) is 53.0 Å². The van der Waals surface area contributed by atoms with Crippen molar-refractivity contribution < 1.29 is 14.6 Å². The van der Waals surface area contributed by atoms with Crippen molar-refractivity contribution in [2.24, 2.45) is 0 Å². The van der Waals surface area contributed by atoms with Crippen molar-refractivity contribution in [3.8, 4) is 0 Å². The lowest BCUT2D eigenvalue weighted by atomic mass is 10.2. The van der Waals surface area contributed by atoms with Crippen molar-refractivity contribution in [3.05, 3.63) is 0 Å². The van der Waals surface area contributed by atoms with Crippen LogP contribution in [0, 0.1) is 0 Å². The molecule has 0 spiro atoms. The van der Waals surface area contributed by atoms with Gasteiger partial charge in [-0.15, -0.1) is 0 Å². The first-order valence-electron chi connectivity index (χ1n) is 6.87. The third-order valence-corrected chi connectivity index (χ3v) is 3.74. The molecule has 0 radical (unpaired) electrons. The van der Waals surface area contributed by atoms with E-state index in [0.717, 1.165) is 39.1 Å². The molecule has 18 heavy (non-hydrogen) atoms. The summed E-state index contributed by atoms with van der Waals surface area (Å²) in [5, 5.41) is 8.94. The summed E-state index contributed by atoms with van der Waals surface area (Å²) in [5.41, 5.74) is 0. The molecule has 5 heteroatoms. The van der Waals surface area contributed by atoms with Crippen LogP contribution in [0.25, 0.3) is 0 Å². The minimum Gasteiger partial charge on any atom is -0.480 e. The highest BCUT2D eigenvalue weighted by molar-refractivity contribution is 5.69. The summed E-state index contributed by atoms with van der Waals surface area (Å²) in [5.74, 6) is -0.738. The van der Waals surface area contributed by atoms with Crippen LogP contribution in [0.4, 0.5) is 0 Å². The summed E-state index contributed by atoms with van der Waals surface area (Å²) in [6, 6.07) is 1.00. The number of hydrogen-bond donors (Lipinski definition) is 1. The highest BCUT2D eigenvalue weighted by Gasteiger charge is 2.33. The van der Waals surface area contributed by atoms with E-state index in [0.29, 0.717) is 12.1 Å². The molecule has 2 rings (SSSR count). The van der Waals surface area contributed by atoms with Gasteiger partial charge in [0.2, 0.25) is 0 Å². The number of hydrogen-bond acceptors (Lipinski definition) is 4. The number of carbonyl (C=O) groups is 1. The first-order valence-corrected chi connectivity index (χ1v) is 6.87. The van der Waals surface area contributed by atoms with Crippen LogP contribution in [0.1, 0.15) is 26.7 Å². The fourth-order valence-electron chi connectivity index (χ4n) is 2.54. The molecule has 2 aliphatic rings. The lowest BCUT2D eigenvalue weighted by Gasteiger charge is -2.37. The molecule has 2 fully saturated rings. The second-order valence-electron chi connectivity index (χ2n) is 5.64. The Bertz CT molecular complexity index is 292. The Morgan fingerprint density at radius 1 is 1.50 bits per heavy atom. The van der Waals surface area contributed by atoms with Gasteiger partial charge in [-0.2, -0.15) is 0 Å². The van der Waals surface area contributed by atoms with Gasteiger partial charge in [0.1, 0.15) is 0 Å². The first-order chi connectivity index (χ1) is 8.56. The number of aliphatic carboxylic acids is 1. The number of carboxylic acid groups (broad SMARTS) is 1. The molecule has 1 saturated heterocycles. The highest BCUT2D eigenvalue weighted by Crippen LogP contribution is 2.27. The SMILES string of the molecule is CC(C)N1CCOC(CN(CC(=O)O)C2CC2)C1. The molecule has 1 heterocycles. The molecule has 104 valence electrons. The van der Waals surface area contributed by atoms with E-state index in [1.807, 2.05) is 0 Å². The van der Waals surface area contributed by atoms with Gasteiger partial charge in [0.25, 0.3) is 0 Å². The van der Waals surface area contributed by atoms with Crippen molar-refractivity contribution in [2.45, 2.75) is 44.9 Å². The fourth-order valence-corrected chi connectivity index (χ4v) is 2.54. The minimum absolute atomic E-state index is 0.145. The van der Waals surface area contributed by atoms with Gasteiger partial charge >= 0.3 is 5.97 Å². The fraction of sp³-hybridized carbons (Fsp3) is 0.923. The van der Waals surface area contributed by atoms with Crippen LogP contribution >= 0.6 is 0 Å². The van der Waals surface area contributed by atoms with E-state index in [2.05, 4.69) is 23.6 Å². The van der Waals surface area contributed by atoms with Gasteiger partial charge in [0.15, 0.2) is 0 Å². The molecule has 5 nitrogen and oxygen atoms in total. The van der Waals surface area contributed by atoms with Crippen molar-refractivity contribution in [1.82, 2.24) is 9.80 Å². The normalized spacial score (nSPS) is 25.9. The van der Waals surface area contributed by atoms with Crippen molar-refractivity contribution >= 4 is 5.97 Å². The summed E-state index contributed by atoms with van der Waals surface area (Å²) in [6.45, 7) is 7.94. The van der Waals surface area contributed by atoms with Crippen LogP contribution < -0.4 is 0 Å². The van der Waals surface area contributed by atoms with E-state index in [-0.39, 0.29) is 12.6 Å². The van der Waals surface area contributed by atoms with E-state index < -0.39 is 5.97 Å². The Hall–Kier alpha value is -0.650. The average molecular weight is 256 g/mol. The Kier molecular flexibility index (Phi) is 4.59. The van der Waals surface area contributed by atoms with Gasteiger partial charge in [-0.05, 0) is 26.7 Å². The quantitative estimate of drug-likeness (QED) is 0.756. The number of morpholine rings is 1. The van der Waals surface area contributed by atoms with E-state index in [1.54, 1.807) is 0 Å². The van der Waals surface area contributed by atoms with Gasteiger partial charge in [0, 0.05) is 31.7 Å². The Balaban J connectivity index is 1.84. The van der Waals surface area contributed by atoms with Crippen molar-refractivity contribution in [3.63, 3.8) is 0 Å². The lowest BCUT2D eigenvalue weighted by Crippen LogP contribution is -2.50. The van der Waals surface area contributed by atoms with Crippen molar-refractivity contribution in [1.29, 1.82) is 0 Å². The standard InChI is InChI=1S/C13H24N2O3/c1-10(2)14-5-6-18-12(7-14)8-15(9-13(16)17)11-3-4-11/h10-12H,3-9H2,1-2H3,(H,16,17). The molecule has 1 unspecified atom stereocenters. The van der Waals surface area contributed by atoms with Crippen LogP contribution in [0.5, 0.6) is 0 Å². The minimum atomic E-state index is -0.738. The van der Waals surface area contributed by atoms with Crippen molar-refractivity contribution in [2.75, 3.05) is 32.8 Å². The Morgan fingerprint density at radius 2 is 2.22 bits per heavy atom. The van der Waals surface area contributed by atoms with Gasteiger partial charge < -0.3 is 9.84 Å². The molecule has 0 aromatic rings. The van der Waals surface area contributed by atoms with Crippen LogP contribution in [0.3, 0.4) is 0 Å². The summed E-state index contributed by atoms with van der Waals surface area (Å²) in [7, 11) is 0. The Labute approximate surface area is 109 Å². The van der Waals surface area contributed by atoms with Gasteiger partial charge in [0.05, 0.1) is 19.3 Å². The molecule has 0 amide bonds. The molecule has 1 aliphatic carbocycles. The first kappa shape index (κ1) is 13.8. The summed E-state index contributed by atoms with van der Waals surface area (Å²) < 4.78 is 5.77. The smallest absolute Gasteiger partial charge is 0.317 e. The second-order valence-corrected chi connectivity index (χ2v) is 5.64. The largest absolute Gasteiger partial charge is 0.480 e. The van der Waals surface area contributed by atoms with Crippen LogP contribution in [-0.4, -0.2) is 71.8 Å². The number of nitrogens with zero attached hydrogens (tertiary/aromatic N) is 2. The lowest BCUT2D eigenvalue weighted by molar-refractivity contribution is -0.139. The second kappa shape index (κ2) is 5.99. The zero-order chi connectivity index (χ0) is 13.1. The number of rotatable bonds is 6. The third-order valence-electron chi connectivity index (χ3n) is 3.74. The molecule has 0 bridgehead atoms. The van der Waals surface area contributed by atoms with E-state index in [9.17, 15) is 4.79 Å². The van der Waals surface area contributed by atoms with Crippen LogP contribution in [-0.2, 0) is 9.53 Å². The average Bonchev–Trinajstić information content (AvgIpc) is 3.11. The Morgan fingerprint density at radius 3 is 2.78 bits per heavy atom. The molecule has 0 aromatic carbocycles. The zero-order valence-corrected chi connectivity index (χ0v) is 11.3. The highest BCUT2D eigenvalue weighted by atomic mass is 16.5. The van der Waals surface area contributed by atoms with Gasteiger partial charge in [-0.1, -0.05) is 0 Å². The predicted octanol–water partition coefficient (Wildman–Crippen LogP) is 0.645. The molecule has 0 aromatic heterocycles. The third kappa shape index (κ3) is 3.93. The van der Waals surface area contributed by atoms with E-state index in [1.165, 1.54) is 0 Å². The summed E-state index contributed by atoms with van der Waals surface area (Å²) in [6.07, 6.45) is 2.42. The molecule has 1 aliphatic heterocycles. The molecule has 1 N–H and O–H groups in total. The molecular formula is C13H24N2O3. The summed E-state index contributed by atoms with van der Waals surface area (Å²) >= 11 is 0. The maximum absolute atomic E-state index is 10.9. The van der Waals surface area contributed by atoms with E-state index >= 15 is 0 Å². The maximum atomic E-state index is 10.9. The number of ether oxygens (including phenoxy) is 1. The predicted molar refractivity (Wildman–Crippen MR) is 68.7 cm³/mol. The number of carboxylic acids is 1. The van der Waals surface area contributed by atoms with Gasteiger partial charge in [-0.25, -0.2) is 0 Å². The maximum Gasteiger partial charge on any atom is 0.317 e. The monoisotopic (exact) mass is 256 g/mol. The van der Waals surface area contributed by atoms with Crippen LogP contribution in [0.15, 0.2) is 0 Å². The zero-order valence-electron chi connectivity index (χ0n) is 11.3. The van der Waals surface area contributed by atoms with Gasteiger partial charge in [-0.3, -0.25) is 14.6 Å².